The minimum Gasteiger partial charge on any atom is -0.352 e. The monoisotopic (exact) mass is 403 g/mol. The van der Waals surface area contributed by atoms with Crippen LogP contribution in [0.15, 0.2) is 57.9 Å². The molecule has 3 rings (SSSR count). The Morgan fingerprint density at radius 2 is 2.00 bits per heavy atom. The van der Waals surface area contributed by atoms with E-state index in [0.717, 1.165) is 30.5 Å². The molecule has 1 aliphatic heterocycles. The maximum absolute atomic E-state index is 12.2. The first-order chi connectivity index (χ1) is 12.1. The van der Waals surface area contributed by atoms with Gasteiger partial charge in [0.2, 0.25) is 5.91 Å². The number of hydrogen-bond acceptors (Lipinski definition) is 3. The van der Waals surface area contributed by atoms with Gasteiger partial charge < -0.3 is 9.88 Å². The van der Waals surface area contributed by atoms with E-state index in [2.05, 4.69) is 50.4 Å². The van der Waals surface area contributed by atoms with E-state index in [-0.39, 0.29) is 17.5 Å². The number of hydrogen-bond donors (Lipinski definition) is 1. The zero-order valence-corrected chi connectivity index (χ0v) is 15.6. The predicted octanol–water partition coefficient (Wildman–Crippen LogP) is 2.39. The van der Waals surface area contributed by atoms with E-state index in [9.17, 15) is 9.59 Å². The lowest BCUT2D eigenvalue weighted by Crippen LogP contribution is -2.37. The summed E-state index contributed by atoms with van der Waals surface area (Å²) in [6.07, 6.45) is 2.99. The number of aryl methyl sites for hydroxylation is 1. The number of amides is 1. The molecule has 6 heteroatoms. The number of nitrogens with one attached hydrogen (secondary N) is 1. The summed E-state index contributed by atoms with van der Waals surface area (Å²) in [5.41, 5.74) is 1.20. The van der Waals surface area contributed by atoms with Gasteiger partial charge in [0.15, 0.2) is 0 Å². The Morgan fingerprint density at radius 3 is 2.80 bits per heavy atom. The molecule has 132 valence electrons. The Balaban J connectivity index is 1.44. The molecule has 1 aromatic carbocycles. The highest BCUT2D eigenvalue weighted by molar-refractivity contribution is 9.10. The lowest BCUT2D eigenvalue weighted by atomic mass is 10.2. The molecule has 0 unspecified atom stereocenters. The predicted molar refractivity (Wildman–Crippen MR) is 101 cm³/mol. The van der Waals surface area contributed by atoms with Crippen LogP contribution in [-0.2, 0) is 17.9 Å². The largest absolute Gasteiger partial charge is 0.352 e. The van der Waals surface area contributed by atoms with Gasteiger partial charge in [-0.25, -0.2) is 0 Å². The van der Waals surface area contributed by atoms with Crippen LogP contribution in [0.3, 0.4) is 0 Å². The highest BCUT2D eigenvalue weighted by atomic mass is 79.9. The number of likely N-dealkylation sites (tertiary alicyclic amines) is 1. The molecule has 2 aromatic rings. The molecule has 0 saturated carbocycles. The van der Waals surface area contributed by atoms with Crippen molar-refractivity contribution in [3.63, 3.8) is 0 Å². The van der Waals surface area contributed by atoms with Gasteiger partial charge in [0.1, 0.15) is 0 Å². The first-order valence-electron chi connectivity index (χ1n) is 8.52. The summed E-state index contributed by atoms with van der Waals surface area (Å²) in [7, 11) is 0. The Morgan fingerprint density at radius 1 is 1.20 bits per heavy atom. The van der Waals surface area contributed by atoms with Crippen LogP contribution in [0, 0.1) is 0 Å². The van der Waals surface area contributed by atoms with Gasteiger partial charge >= 0.3 is 0 Å². The van der Waals surface area contributed by atoms with E-state index in [1.54, 1.807) is 16.8 Å². The highest BCUT2D eigenvalue weighted by Gasteiger charge is 2.23. The van der Waals surface area contributed by atoms with Crippen molar-refractivity contribution < 1.29 is 4.79 Å². The van der Waals surface area contributed by atoms with E-state index in [4.69, 9.17) is 0 Å². The van der Waals surface area contributed by atoms with E-state index in [1.165, 1.54) is 11.6 Å². The van der Waals surface area contributed by atoms with Crippen LogP contribution < -0.4 is 10.9 Å². The molecule has 5 nitrogen and oxygen atoms in total. The summed E-state index contributed by atoms with van der Waals surface area (Å²) >= 11 is 3.34. The molecule has 1 atom stereocenters. The van der Waals surface area contributed by atoms with Crippen molar-refractivity contribution >= 4 is 21.8 Å². The molecule has 1 saturated heterocycles. The third-order valence-corrected chi connectivity index (χ3v) is 4.88. The highest BCUT2D eigenvalue weighted by Crippen LogP contribution is 2.13. The molecule has 0 radical (unpaired) electrons. The van der Waals surface area contributed by atoms with Gasteiger partial charge in [0.25, 0.3) is 5.56 Å². The number of benzene rings is 1. The summed E-state index contributed by atoms with van der Waals surface area (Å²) in [5, 5.41) is 3.09. The molecule has 1 aromatic heterocycles. The fourth-order valence-electron chi connectivity index (χ4n) is 3.13. The molecule has 25 heavy (non-hydrogen) atoms. The van der Waals surface area contributed by atoms with Crippen molar-refractivity contribution in [2.24, 2.45) is 0 Å². The Labute approximate surface area is 155 Å². The summed E-state index contributed by atoms with van der Waals surface area (Å²) in [5.74, 6) is -0.00145. The van der Waals surface area contributed by atoms with Gasteiger partial charge in [-0.3, -0.25) is 14.5 Å². The fourth-order valence-corrected chi connectivity index (χ4v) is 3.51. The third kappa shape index (κ3) is 5.28. The quantitative estimate of drug-likeness (QED) is 0.805. The lowest BCUT2D eigenvalue weighted by molar-refractivity contribution is -0.121. The number of carbonyl (C=O) groups excluding carboxylic acids is 1. The molecule has 1 aliphatic rings. The van der Waals surface area contributed by atoms with Crippen LogP contribution in [-0.4, -0.2) is 34.5 Å². The molecular formula is C19H22BrN3O2. The summed E-state index contributed by atoms with van der Waals surface area (Å²) in [6, 6.07) is 13.8. The minimum absolute atomic E-state index is 0.00145. The number of halogens is 1. The average molecular weight is 404 g/mol. The second-order valence-electron chi connectivity index (χ2n) is 6.40. The maximum Gasteiger partial charge on any atom is 0.250 e. The summed E-state index contributed by atoms with van der Waals surface area (Å²) < 4.78 is 2.39. The normalized spacial score (nSPS) is 17.6. The van der Waals surface area contributed by atoms with Crippen LogP contribution in [0.1, 0.15) is 18.4 Å². The van der Waals surface area contributed by atoms with Crippen molar-refractivity contribution in [3.05, 3.63) is 69.1 Å². The van der Waals surface area contributed by atoms with Crippen molar-refractivity contribution in [1.82, 2.24) is 14.8 Å². The number of aromatic nitrogens is 1. The number of carbonyl (C=O) groups is 1. The van der Waals surface area contributed by atoms with Gasteiger partial charge in [-0.05, 0) is 34.0 Å². The van der Waals surface area contributed by atoms with Gasteiger partial charge in [0.05, 0.1) is 0 Å². The van der Waals surface area contributed by atoms with Gasteiger partial charge in [-0.15, -0.1) is 0 Å². The van der Waals surface area contributed by atoms with Crippen LogP contribution in [0.25, 0.3) is 0 Å². The second kappa shape index (κ2) is 8.45. The number of rotatable bonds is 6. The van der Waals surface area contributed by atoms with Crippen molar-refractivity contribution in [3.8, 4) is 0 Å². The van der Waals surface area contributed by atoms with Crippen LogP contribution in [0.4, 0.5) is 0 Å². The minimum atomic E-state index is -0.0918. The molecule has 1 N–H and O–H groups in total. The van der Waals surface area contributed by atoms with Crippen LogP contribution >= 0.6 is 15.9 Å². The SMILES string of the molecule is O=C(CCn1cc(Br)ccc1=O)N[C@@H]1CCN(Cc2ccccc2)C1. The third-order valence-electron chi connectivity index (χ3n) is 4.41. The van der Waals surface area contributed by atoms with Crippen molar-refractivity contribution in [1.29, 1.82) is 0 Å². The zero-order chi connectivity index (χ0) is 17.6. The fraction of sp³-hybridized carbons (Fsp3) is 0.368. The molecule has 2 heterocycles. The first-order valence-corrected chi connectivity index (χ1v) is 9.31. The van der Waals surface area contributed by atoms with Crippen LogP contribution in [0.5, 0.6) is 0 Å². The van der Waals surface area contributed by atoms with Crippen LogP contribution in [0.2, 0.25) is 0 Å². The first kappa shape index (κ1) is 17.9. The lowest BCUT2D eigenvalue weighted by Gasteiger charge is -2.17. The van der Waals surface area contributed by atoms with Crippen molar-refractivity contribution in [2.45, 2.75) is 32.0 Å². The maximum atomic E-state index is 12.2. The number of nitrogens with zero attached hydrogens (tertiary/aromatic N) is 2. The van der Waals surface area contributed by atoms with E-state index >= 15 is 0 Å². The van der Waals surface area contributed by atoms with E-state index < -0.39 is 0 Å². The van der Waals surface area contributed by atoms with E-state index in [0.29, 0.717) is 13.0 Å². The average Bonchev–Trinajstić information content (AvgIpc) is 3.03. The Kier molecular flexibility index (Phi) is 6.04. The summed E-state index contributed by atoms with van der Waals surface area (Å²) in [4.78, 5) is 26.3. The standard InChI is InChI=1S/C19H22BrN3O2/c20-16-6-7-19(25)23(13-16)11-9-18(24)21-17-8-10-22(14-17)12-15-4-2-1-3-5-15/h1-7,13,17H,8-12,14H2,(H,21,24)/t17-/m1/s1. The summed E-state index contributed by atoms with van der Waals surface area (Å²) in [6.45, 7) is 3.17. The second-order valence-corrected chi connectivity index (χ2v) is 7.32. The topological polar surface area (TPSA) is 54.3 Å². The Bertz CT molecular complexity index is 776. The van der Waals surface area contributed by atoms with Gasteiger partial charge in [-0.1, -0.05) is 30.3 Å². The number of pyridine rings is 1. The molecule has 0 bridgehead atoms. The molecular weight excluding hydrogens is 382 g/mol. The molecule has 1 fully saturated rings. The molecule has 1 amide bonds. The van der Waals surface area contributed by atoms with E-state index in [1.807, 2.05) is 6.07 Å². The smallest absolute Gasteiger partial charge is 0.250 e. The van der Waals surface area contributed by atoms with Gasteiger partial charge in [0, 0.05) is 55.4 Å². The molecule has 0 aliphatic carbocycles. The van der Waals surface area contributed by atoms with Gasteiger partial charge in [-0.2, -0.15) is 0 Å². The van der Waals surface area contributed by atoms with Crippen molar-refractivity contribution in [2.75, 3.05) is 13.1 Å². The zero-order valence-electron chi connectivity index (χ0n) is 14.0. The molecule has 0 spiro atoms. The Hall–Kier alpha value is -1.92.